The van der Waals surface area contributed by atoms with Crippen LogP contribution in [0.25, 0.3) is 0 Å². The van der Waals surface area contributed by atoms with Gasteiger partial charge in [-0.25, -0.2) is 0 Å². The number of aryl methyl sites for hydroxylation is 1. The molecule has 0 atom stereocenters. The van der Waals surface area contributed by atoms with Crippen LogP contribution < -0.4 is 15.2 Å². The van der Waals surface area contributed by atoms with Crippen LogP contribution in [0.2, 0.25) is 0 Å². The molecule has 0 fully saturated rings. The average molecular weight is 284 g/mol. The third-order valence-corrected chi connectivity index (χ3v) is 3.02. The Balaban J connectivity index is 2.07. The van der Waals surface area contributed by atoms with Crippen LogP contribution in [-0.2, 0) is 0 Å². The Morgan fingerprint density at radius 2 is 1.67 bits per heavy atom. The van der Waals surface area contributed by atoms with E-state index in [0.717, 1.165) is 34.8 Å². The zero-order valence-electron chi connectivity index (χ0n) is 12.3. The van der Waals surface area contributed by atoms with Crippen LogP contribution in [0, 0.1) is 12.3 Å². The lowest BCUT2D eigenvalue weighted by molar-refractivity contribution is 0.317. The normalized spacial score (nSPS) is 10.2. The minimum absolute atomic E-state index is 0.0662. The fraction of sp³-hybridized carbons (Fsp3) is 0.235. The van der Waals surface area contributed by atoms with E-state index in [4.69, 9.17) is 20.6 Å². The lowest BCUT2D eigenvalue weighted by Crippen LogP contribution is -2.12. The molecule has 0 amide bonds. The molecule has 0 radical (unpaired) electrons. The summed E-state index contributed by atoms with van der Waals surface area (Å²) < 4.78 is 11.3. The topological polar surface area (TPSA) is 68.3 Å². The third kappa shape index (κ3) is 3.99. The summed E-state index contributed by atoms with van der Waals surface area (Å²) in [6, 6.07) is 13.0. The molecule has 2 rings (SSSR count). The lowest BCUT2D eigenvalue weighted by atomic mass is 10.1. The number of nitrogens with two attached hydrogens (primary N) is 1. The van der Waals surface area contributed by atoms with E-state index in [2.05, 4.69) is 6.92 Å². The van der Waals surface area contributed by atoms with Gasteiger partial charge >= 0.3 is 0 Å². The monoisotopic (exact) mass is 284 g/mol. The van der Waals surface area contributed by atoms with Gasteiger partial charge in [0.25, 0.3) is 0 Å². The van der Waals surface area contributed by atoms with E-state index in [-0.39, 0.29) is 5.84 Å². The zero-order valence-corrected chi connectivity index (χ0v) is 12.3. The molecule has 0 saturated heterocycles. The molecule has 2 aromatic carbocycles. The van der Waals surface area contributed by atoms with Gasteiger partial charge in [0.15, 0.2) is 0 Å². The van der Waals surface area contributed by atoms with Crippen LogP contribution in [0.5, 0.6) is 17.2 Å². The summed E-state index contributed by atoms with van der Waals surface area (Å²) in [6.45, 7) is 4.70. The Labute approximate surface area is 125 Å². The van der Waals surface area contributed by atoms with Crippen LogP contribution in [-0.4, -0.2) is 12.4 Å². The maximum Gasteiger partial charge on any atom is 0.127 e. The predicted molar refractivity (Wildman–Crippen MR) is 84.5 cm³/mol. The van der Waals surface area contributed by atoms with Crippen LogP contribution in [0.1, 0.15) is 24.5 Å². The molecule has 4 nitrogen and oxygen atoms in total. The highest BCUT2D eigenvalue weighted by Crippen LogP contribution is 2.25. The first kappa shape index (κ1) is 14.9. The number of hydrogen-bond acceptors (Lipinski definition) is 3. The number of benzene rings is 2. The molecule has 0 saturated carbocycles. The second-order valence-corrected chi connectivity index (χ2v) is 4.81. The molecule has 0 unspecified atom stereocenters. The number of amidine groups is 1. The minimum Gasteiger partial charge on any atom is -0.494 e. The van der Waals surface area contributed by atoms with Gasteiger partial charge in [0, 0.05) is 5.56 Å². The van der Waals surface area contributed by atoms with Crippen molar-refractivity contribution >= 4 is 5.84 Å². The summed E-state index contributed by atoms with van der Waals surface area (Å²) in [5.41, 5.74) is 7.15. The molecule has 0 aliphatic rings. The van der Waals surface area contributed by atoms with Crippen molar-refractivity contribution in [3.63, 3.8) is 0 Å². The van der Waals surface area contributed by atoms with Gasteiger partial charge in [-0.15, -0.1) is 0 Å². The molecule has 0 aliphatic carbocycles. The molecule has 0 bridgehead atoms. The van der Waals surface area contributed by atoms with Gasteiger partial charge in [-0.1, -0.05) is 6.92 Å². The zero-order chi connectivity index (χ0) is 15.2. The quantitative estimate of drug-likeness (QED) is 0.625. The second kappa shape index (κ2) is 6.79. The van der Waals surface area contributed by atoms with Gasteiger partial charge in [0.05, 0.1) is 6.61 Å². The third-order valence-electron chi connectivity index (χ3n) is 3.02. The van der Waals surface area contributed by atoms with E-state index in [0.29, 0.717) is 6.61 Å². The largest absolute Gasteiger partial charge is 0.494 e. The molecule has 3 N–H and O–H groups in total. The smallest absolute Gasteiger partial charge is 0.127 e. The maximum absolute atomic E-state index is 7.47. The molecular formula is C17H20N2O2. The average Bonchev–Trinajstić information content (AvgIpc) is 2.46. The highest BCUT2D eigenvalue weighted by molar-refractivity contribution is 5.96. The molecular weight excluding hydrogens is 264 g/mol. The predicted octanol–water partition coefficient (Wildman–Crippen LogP) is 3.86. The van der Waals surface area contributed by atoms with Crippen LogP contribution in [0.15, 0.2) is 42.5 Å². The first-order valence-electron chi connectivity index (χ1n) is 6.96. The molecule has 0 aliphatic heterocycles. The summed E-state index contributed by atoms with van der Waals surface area (Å²) in [4.78, 5) is 0. The Morgan fingerprint density at radius 3 is 2.24 bits per heavy atom. The van der Waals surface area contributed by atoms with E-state index in [9.17, 15) is 0 Å². The summed E-state index contributed by atoms with van der Waals surface area (Å²) in [7, 11) is 0. The van der Waals surface area contributed by atoms with Crippen molar-refractivity contribution in [2.45, 2.75) is 20.3 Å². The van der Waals surface area contributed by atoms with E-state index in [1.165, 1.54) is 0 Å². The molecule has 0 heterocycles. The fourth-order valence-electron chi connectivity index (χ4n) is 1.96. The number of ether oxygens (including phenoxy) is 2. The number of rotatable bonds is 6. The SMILES string of the molecule is CCCOc1ccc(Oc2ccc(C(=N)N)c(C)c2)cc1. The van der Waals surface area contributed by atoms with Crippen LogP contribution in [0.3, 0.4) is 0 Å². The molecule has 21 heavy (non-hydrogen) atoms. The first-order chi connectivity index (χ1) is 10.1. The summed E-state index contributed by atoms with van der Waals surface area (Å²) in [6.07, 6.45) is 0.986. The minimum atomic E-state index is 0.0662. The fourth-order valence-corrected chi connectivity index (χ4v) is 1.96. The van der Waals surface area contributed by atoms with E-state index < -0.39 is 0 Å². The van der Waals surface area contributed by atoms with Gasteiger partial charge in [0.1, 0.15) is 23.1 Å². The van der Waals surface area contributed by atoms with Crippen LogP contribution in [0.4, 0.5) is 0 Å². The summed E-state index contributed by atoms with van der Waals surface area (Å²) >= 11 is 0. The van der Waals surface area contributed by atoms with Crippen molar-refractivity contribution in [1.29, 1.82) is 5.41 Å². The second-order valence-electron chi connectivity index (χ2n) is 4.81. The summed E-state index contributed by atoms with van der Waals surface area (Å²) in [5, 5.41) is 7.47. The van der Waals surface area contributed by atoms with E-state index in [1.807, 2.05) is 43.3 Å². The number of hydrogen-bond donors (Lipinski definition) is 2. The summed E-state index contributed by atoms with van der Waals surface area (Å²) in [5.74, 6) is 2.37. The highest BCUT2D eigenvalue weighted by atomic mass is 16.5. The van der Waals surface area contributed by atoms with Gasteiger partial charge in [-0.3, -0.25) is 5.41 Å². The van der Waals surface area contributed by atoms with Crippen molar-refractivity contribution < 1.29 is 9.47 Å². The van der Waals surface area contributed by atoms with Crippen molar-refractivity contribution in [3.05, 3.63) is 53.6 Å². The Morgan fingerprint density at radius 1 is 1.05 bits per heavy atom. The number of nitrogen functional groups attached to an aromatic ring is 1. The van der Waals surface area contributed by atoms with Crippen molar-refractivity contribution in [2.24, 2.45) is 5.73 Å². The van der Waals surface area contributed by atoms with E-state index in [1.54, 1.807) is 6.07 Å². The molecule has 0 aromatic heterocycles. The molecule has 2 aromatic rings. The van der Waals surface area contributed by atoms with Gasteiger partial charge in [0.2, 0.25) is 0 Å². The Bertz CT molecular complexity index is 621. The lowest BCUT2D eigenvalue weighted by Gasteiger charge is -2.10. The van der Waals surface area contributed by atoms with Gasteiger partial charge in [-0.2, -0.15) is 0 Å². The van der Waals surface area contributed by atoms with Crippen molar-refractivity contribution in [2.75, 3.05) is 6.61 Å². The van der Waals surface area contributed by atoms with Gasteiger partial charge in [-0.05, 0) is 61.4 Å². The van der Waals surface area contributed by atoms with Crippen LogP contribution >= 0.6 is 0 Å². The van der Waals surface area contributed by atoms with E-state index >= 15 is 0 Å². The van der Waals surface area contributed by atoms with Gasteiger partial charge < -0.3 is 15.2 Å². The van der Waals surface area contributed by atoms with Crippen molar-refractivity contribution in [3.8, 4) is 17.2 Å². The molecule has 0 spiro atoms. The highest BCUT2D eigenvalue weighted by Gasteiger charge is 2.04. The molecule has 4 heteroatoms. The first-order valence-corrected chi connectivity index (χ1v) is 6.96. The maximum atomic E-state index is 7.47. The molecule has 110 valence electrons. The Hall–Kier alpha value is -2.49. The number of nitrogens with one attached hydrogen (secondary N) is 1. The van der Waals surface area contributed by atoms with Crippen molar-refractivity contribution in [1.82, 2.24) is 0 Å². The Kier molecular flexibility index (Phi) is 4.82. The standard InChI is InChI=1S/C17H20N2O2/c1-3-10-20-13-4-6-14(7-5-13)21-15-8-9-16(17(18)19)12(2)11-15/h4-9,11H,3,10H2,1-2H3,(H3,18,19).